The van der Waals surface area contributed by atoms with Crippen LogP contribution in [0.4, 0.5) is 4.39 Å². The summed E-state index contributed by atoms with van der Waals surface area (Å²) in [5, 5.41) is 14.2. The first-order valence-electron chi connectivity index (χ1n) is 9.72. The molecule has 0 spiro atoms. The van der Waals surface area contributed by atoms with E-state index in [1.807, 2.05) is 12.1 Å². The van der Waals surface area contributed by atoms with Crippen molar-refractivity contribution in [3.63, 3.8) is 0 Å². The molecule has 0 aliphatic carbocycles. The molecule has 0 bridgehead atoms. The number of thiazole rings is 1. The monoisotopic (exact) mass is 448 g/mol. The summed E-state index contributed by atoms with van der Waals surface area (Å²) in [5.74, 6) is 4.83. The first-order valence-corrected chi connectivity index (χ1v) is 10.5. The van der Waals surface area contributed by atoms with Crippen molar-refractivity contribution >= 4 is 16.3 Å². The van der Waals surface area contributed by atoms with E-state index < -0.39 is 0 Å². The number of rotatable bonds is 6. The Morgan fingerprint density at radius 1 is 1.16 bits per heavy atom. The summed E-state index contributed by atoms with van der Waals surface area (Å²) in [6.07, 6.45) is 4.19. The zero-order valence-corrected chi connectivity index (χ0v) is 18.3. The van der Waals surface area contributed by atoms with Crippen molar-refractivity contribution in [2.24, 2.45) is 0 Å². The average molecular weight is 449 g/mol. The number of imidazole rings is 1. The Labute approximate surface area is 184 Å². The predicted octanol–water partition coefficient (Wildman–Crippen LogP) is 3.31. The molecule has 2 aromatic heterocycles. The molecular weight excluding hydrogens is 423 g/mol. The van der Waals surface area contributed by atoms with E-state index in [0.29, 0.717) is 0 Å². The summed E-state index contributed by atoms with van der Waals surface area (Å²) in [6, 6.07) is 6.62. The summed E-state index contributed by atoms with van der Waals surface area (Å²) in [6.45, 7) is 7.09. The second-order valence-corrected chi connectivity index (χ2v) is 7.94. The average Bonchev–Trinajstić information content (AvgIpc) is 3.33. The zero-order chi connectivity index (χ0) is 22.1. The number of halogens is 1. The van der Waals surface area contributed by atoms with Crippen LogP contribution in [0.3, 0.4) is 0 Å². The Morgan fingerprint density at radius 3 is 2.55 bits per heavy atom. The van der Waals surface area contributed by atoms with Crippen molar-refractivity contribution in [3.8, 4) is 22.3 Å². The van der Waals surface area contributed by atoms with Crippen LogP contribution in [0.25, 0.3) is 15.4 Å². The Kier molecular flexibility index (Phi) is 8.93. The summed E-state index contributed by atoms with van der Waals surface area (Å²) in [4.78, 5) is 15.7. The van der Waals surface area contributed by atoms with Crippen LogP contribution in [0.1, 0.15) is 12.6 Å². The fraction of sp³-hybridized carbons (Fsp3) is 0.381. The van der Waals surface area contributed by atoms with Gasteiger partial charge in [0.15, 0.2) is 4.96 Å². The standard InChI is InChI=1S/C17H19FN4S.C4H6O4/c1-20-6-8-21(9-7-20)10-15-11-22-12-16(23-17(22)19-15)13-2-4-14(18)5-3-13;1-2-3-4-6-8-7-5/h2-5,11-12H,6-10H2,1H3;5H,4H2,1H3. The van der Waals surface area contributed by atoms with Gasteiger partial charge in [-0.25, -0.2) is 14.6 Å². The van der Waals surface area contributed by atoms with E-state index in [2.05, 4.69) is 60.4 Å². The highest BCUT2D eigenvalue weighted by atomic mass is 32.1. The topological polar surface area (TPSA) is 71.7 Å². The lowest BCUT2D eigenvalue weighted by Crippen LogP contribution is -2.43. The number of fused-ring (bicyclic) bond motifs is 1. The van der Waals surface area contributed by atoms with Gasteiger partial charge in [-0.1, -0.05) is 29.4 Å². The molecule has 3 heterocycles. The number of benzene rings is 1. The lowest BCUT2D eigenvalue weighted by atomic mass is 10.2. The summed E-state index contributed by atoms with van der Waals surface area (Å²) < 4.78 is 15.1. The van der Waals surface area contributed by atoms with Crippen LogP contribution < -0.4 is 0 Å². The molecule has 1 aliphatic rings. The van der Waals surface area contributed by atoms with Crippen LogP contribution in [-0.2, 0) is 21.5 Å². The van der Waals surface area contributed by atoms with Gasteiger partial charge in [0.05, 0.1) is 10.6 Å². The maximum absolute atomic E-state index is 13.0. The molecule has 3 aromatic rings. The number of hydrogen-bond donors (Lipinski definition) is 1. The molecule has 166 valence electrons. The van der Waals surface area contributed by atoms with Gasteiger partial charge < -0.3 is 4.90 Å². The van der Waals surface area contributed by atoms with E-state index in [1.165, 1.54) is 12.1 Å². The maximum Gasteiger partial charge on any atom is 0.194 e. The first kappa shape index (κ1) is 23.3. The number of piperazine rings is 1. The second-order valence-electron chi connectivity index (χ2n) is 6.94. The van der Waals surface area contributed by atoms with Crippen molar-refractivity contribution in [1.82, 2.24) is 19.2 Å². The molecule has 8 nitrogen and oxygen atoms in total. The molecule has 0 saturated carbocycles. The molecule has 0 amide bonds. The molecule has 0 radical (unpaired) electrons. The quantitative estimate of drug-likeness (QED) is 0.268. The molecule has 4 rings (SSSR count). The lowest BCUT2D eigenvalue weighted by Gasteiger charge is -2.31. The van der Waals surface area contributed by atoms with Gasteiger partial charge in [-0.15, -0.1) is 5.92 Å². The lowest BCUT2D eigenvalue weighted by molar-refractivity contribution is -0.620. The van der Waals surface area contributed by atoms with Crippen LogP contribution in [0.15, 0.2) is 36.7 Å². The number of nitrogens with zero attached hydrogens (tertiary/aromatic N) is 4. The number of likely N-dealkylation sites (N-methyl/N-ethyl adjacent to an activating group) is 1. The van der Waals surface area contributed by atoms with Crippen LogP contribution in [-0.4, -0.2) is 64.3 Å². The van der Waals surface area contributed by atoms with E-state index in [0.717, 1.165) is 53.8 Å². The van der Waals surface area contributed by atoms with Gasteiger partial charge in [0.1, 0.15) is 12.4 Å². The molecule has 0 unspecified atom stereocenters. The van der Waals surface area contributed by atoms with E-state index in [4.69, 9.17) is 10.2 Å². The minimum atomic E-state index is -0.204. The maximum atomic E-state index is 13.0. The van der Waals surface area contributed by atoms with Gasteiger partial charge in [0, 0.05) is 45.1 Å². The Balaban J connectivity index is 0.000000293. The van der Waals surface area contributed by atoms with E-state index in [1.54, 1.807) is 18.3 Å². The normalized spacial score (nSPS) is 14.7. The van der Waals surface area contributed by atoms with Gasteiger partial charge in [-0.3, -0.25) is 9.30 Å². The minimum Gasteiger partial charge on any atom is -0.304 e. The highest BCUT2D eigenvalue weighted by Crippen LogP contribution is 2.28. The fourth-order valence-corrected chi connectivity index (χ4v) is 4.04. The third-order valence-corrected chi connectivity index (χ3v) is 5.75. The van der Waals surface area contributed by atoms with Gasteiger partial charge in [0.2, 0.25) is 0 Å². The van der Waals surface area contributed by atoms with Crippen LogP contribution >= 0.6 is 11.3 Å². The first-order chi connectivity index (χ1) is 15.1. The van der Waals surface area contributed by atoms with Gasteiger partial charge in [-0.2, -0.15) is 4.89 Å². The van der Waals surface area contributed by atoms with Gasteiger partial charge in [-0.05, 0) is 41.7 Å². The van der Waals surface area contributed by atoms with Crippen LogP contribution in [0.2, 0.25) is 0 Å². The largest absolute Gasteiger partial charge is 0.304 e. The molecule has 10 heteroatoms. The third-order valence-electron chi connectivity index (χ3n) is 4.70. The predicted molar refractivity (Wildman–Crippen MR) is 115 cm³/mol. The van der Waals surface area contributed by atoms with Gasteiger partial charge in [0.25, 0.3) is 0 Å². The summed E-state index contributed by atoms with van der Waals surface area (Å²) in [7, 11) is 2.17. The van der Waals surface area contributed by atoms with E-state index >= 15 is 0 Å². The molecule has 1 N–H and O–H groups in total. The van der Waals surface area contributed by atoms with Crippen molar-refractivity contribution in [2.45, 2.75) is 13.5 Å². The molecule has 31 heavy (non-hydrogen) atoms. The van der Waals surface area contributed by atoms with Crippen molar-refractivity contribution < 1.29 is 24.6 Å². The zero-order valence-electron chi connectivity index (χ0n) is 17.5. The van der Waals surface area contributed by atoms with Crippen LogP contribution in [0, 0.1) is 17.7 Å². The Hall–Kier alpha value is -2.36. The Bertz CT molecular complexity index is 972. The Morgan fingerprint density at radius 2 is 1.90 bits per heavy atom. The number of aromatic nitrogens is 2. The highest BCUT2D eigenvalue weighted by molar-refractivity contribution is 7.20. The molecule has 1 aliphatic heterocycles. The smallest absolute Gasteiger partial charge is 0.194 e. The van der Waals surface area contributed by atoms with E-state index in [-0.39, 0.29) is 12.4 Å². The van der Waals surface area contributed by atoms with Crippen molar-refractivity contribution in [1.29, 1.82) is 0 Å². The molecule has 0 atom stereocenters. The summed E-state index contributed by atoms with van der Waals surface area (Å²) >= 11 is 1.64. The highest BCUT2D eigenvalue weighted by Gasteiger charge is 2.16. The minimum absolute atomic E-state index is 0.0804. The van der Waals surface area contributed by atoms with Crippen LogP contribution in [0.5, 0.6) is 0 Å². The second kappa shape index (κ2) is 11.9. The van der Waals surface area contributed by atoms with Gasteiger partial charge >= 0.3 is 0 Å². The molecular formula is C21H25FN4O4S. The SMILES string of the molecule is CC#CCOOOO.CN1CCN(Cc2cn3cc(-c4ccc(F)cc4)sc3n2)CC1. The molecule has 1 fully saturated rings. The molecule has 1 aromatic carbocycles. The van der Waals surface area contributed by atoms with Crippen molar-refractivity contribution in [2.75, 3.05) is 39.8 Å². The van der Waals surface area contributed by atoms with E-state index in [9.17, 15) is 4.39 Å². The number of hydrogen-bond acceptors (Lipinski definition) is 8. The fourth-order valence-electron chi connectivity index (χ4n) is 3.05. The van der Waals surface area contributed by atoms with Crippen molar-refractivity contribution in [3.05, 3.63) is 48.2 Å². The third kappa shape index (κ3) is 7.09. The molecule has 1 saturated heterocycles. The summed E-state index contributed by atoms with van der Waals surface area (Å²) in [5.41, 5.74) is 2.15.